The predicted octanol–water partition coefficient (Wildman–Crippen LogP) is 2.68. The van der Waals surface area contributed by atoms with E-state index in [0.717, 1.165) is 26.1 Å². The quantitative estimate of drug-likeness (QED) is 0.395. The maximum atomic E-state index is 5.95. The lowest BCUT2D eigenvalue weighted by Gasteiger charge is -2.30. The Morgan fingerprint density at radius 3 is 2.40 bits per heavy atom. The molecular formula is C15H33IN4. The molecule has 0 aromatic rings. The number of halogens is 1. The smallest absolute Gasteiger partial charge is 0.188 e. The molecule has 0 heterocycles. The van der Waals surface area contributed by atoms with Crippen LogP contribution in [0, 0.1) is 11.3 Å². The molecule has 0 atom stereocenters. The van der Waals surface area contributed by atoms with Crippen LogP contribution in [-0.2, 0) is 0 Å². The van der Waals surface area contributed by atoms with Crippen LogP contribution in [-0.4, -0.2) is 44.6 Å². The van der Waals surface area contributed by atoms with Crippen molar-refractivity contribution in [2.75, 3.05) is 33.7 Å². The fourth-order valence-electron chi connectivity index (χ4n) is 2.96. The van der Waals surface area contributed by atoms with Crippen molar-refractivity contribution in [1.29, 1.82) is 0 Å². The van der Waals surface area contributed by atoms with Crippen molar-refractivity contribution in [3.63, 3.8) is 0 Å². The fourth-order valence-corrected chi connectivity index (χ4v) is 2.96. The van der Waals surface area contributed by atoms with E-state index in [4.69, 9.17) is 5.73 Å². The van der Waals surface area contributed by atoms with Crippen LogP contribution in [0.3, 0.4) is 0 Å². The van der Waals surface area contributed by atoms with Gasteiger partial charge in [-0.1, -0.05) is 26.7 Å². The van der Waals surface area contributed by atoms with E-state index in [0.29, 0.717) is 17.3 Å². The van der Waals surface area contributed by atoms with Crippen molar-refractivity contribution < 1.29 is 0 Å². The van der Waals surface area contributed by atoms with E-state index in [9.17, 15) is 0 Å². The molecule has 1 fully saturated rings. The fraction of sp³-hybridized carbons (Fsp3) is 0.933. The maximum absolute atomic E-state index is 5.95. The van der Waals surface area contributed by atoms with E-state index in [1.807, 2.05) is 0 Å². The molecule has 1 saturated carbocycles. The molecule has 0 aromatic heterocycles. The van der Waals surface area contributed by atoms with Crippen LogP contribution in [0.5, 0.6) is 0 Å². The van der Waals surface area contributed by atoms with Crippen LogP contribution >= 0.6 is 24.0 Å². The number of hydrogen-bond acceptors (Lipinski definition) is 2. The lowest BCUT2D eigenvalue weighted by molar-refractivity contribution is 0.210. The zero-order chi connectivity index (χ0) is 14.3. The molecule has 3 N–H and O–H groups in total. The second kappa shape index (κ2) is 9.82. The molecule has 0 bridgehead atoms. The average Bonchev–Trinajstić information content (AvgIpc) is 2.74. The van der Waals surface area contributed by atoms with Gasteiger partial charge in [-0.25, -0.2) is 0 Å². The third-order valence-corrected chi connectivity index (χ3v) is 3.93. The summed E-state index contributed by atoms with van der Waals surface area (Å²) in [5, 5.41) is 3.22. The van der Waals surface area contributed by atoms with Crippen LogP contribution in [0.15, 0.2) is 4.99 Å². The van der Waals surface area contributed by atoms with Gasteiger partial charge in [0.1, 0.15) is 0 Å². The maximum Gasteiger partial charge on any atom is 0.188 e. The van der Waals surface area contributed by atoms with Gasteiger partial charge >= 0.3 is 0 Å². The summed E-state index contributed by atoms with van der Waals surface area (Å²) in [7, 11) is 4.29. The number of guanidine groups is 1. The summed E-state index contributed by atoms with van der Waals surface area (Å²) < 4.78 is 0. The minimum Gasteiger partial charge on any atom is -0.370 e. The van der Waals surface area contributed by atoms with Gasteiger partial charge in [0, 0.05) is 25.0 Å². The Morgan fingerprint density at radius 2 is 1.90 bits per heavy atom. The number of nitrogens with one attached hydrogen (secondary N) is 1. The van der Waals surface area contributed by atoms with Gasteiger partial charge in [0.05, 0.1) is 0 Å². The molecule has 0 aliphatic heterocycles. The summed E-state index contributed by atoms with van der Waals surface area (Å²) >= 11 is 0. The van der Waals surface area contributed by atoms with E-state index < -0.39 is 0 Å². The first kappa shape index (κ1) is 20.0. The number of hydrogen-bond donors (Lipinski definition) is 2. The summed E-state index contributed by atoms with van der Waals surface area (Å²) in [6.45, 7) is 7.36. The standard InChI is InChI=1S/C15H32N4.HI/c1-13(2)7-10-17-14(16)18-11-15(12-19(3)4)8-5-6-9-15;/h13H,5-12H2,1-4H3,(H3,16,17,18);1H. The van der Waals surface area contributed by atoms with Gasteiger partial charge in [0.25, 0.3) is 0 Å². The van der Waals surface area contributed by atoms with Gasteiger partial charge in [0.15, 0.2) is 5.96 Å². The Kier molecular flexibility index (Phi) is 9.80. The zero-order valence-corrected chi connectivity index (χ0v) is 15.9. The van der Waals surface area contributed by atoms with Gasteiger partial charge in [-0.2, -0.15) is 0 Å². The Bertz CT molecular complexity index is 284. The van der Waals surface area contributed by atoms with E-state index in [1.54, 1.807) is 0 Å². The van der Waals surface area contributed by atoms with Gasteiger partial charge in [0.2, 0.25) is 0 Å². The summed E-state index contributed by atoms with van der Waals surface area (Å²) in [6.07, 6.45) is 6.38. The number of nitrogens with zero attached hydrogens (tertiary/aromatic N) is 2. The monoisotopic (exact) mass is 396 g/mol. The largest absolute Gasteiger partial charge is 0.370 e. The minimum absolute atomic E-state index is 0. The SMILES string of the molecule is CC(C)CCNC(N)=NCC1(CN(C)C)CCCC1.I. The molecule has 0 spiro atoms. The summed E-state index contributed by atoms with van der Waals surface area (Å²) in [6, 6.07) is 0. The molecule has 0 unspecified atom stereocenters. The second-order valence-corrected chi connectivity index (χ2v) is 6.76. The Morgan fingerprint density at radius 1 is 1.30 bits per heavy atom. The predicted molar refractivity (Wildman–Crippen MR) is 98.8 cm³/mol. The second-order valence-electron chi connectivity index (χ2n) is 6.76. The van der Waals surface area contributed by atoms with Crippen molar-refractivity contribution in [3.8, 4) is 0 Å². The van der Waals surface area contributed by atoms with Crippen molar-refractivity contribution in [3.05, 3.63) is 0 Å². The highest BCUT2D eigenvalue weighted by Crippen LogP contribution is 2.38. The molecule has 1 aliphatic rings. The van der Waals surface area contributed by atoms with Crippen molar-refractivity contribution >= 4 is 29.9 Å². The lowest BCUT2D eigenvalue weighted by Crippen LogP contribution is -2.37. The van der Waals surface area contributed by atoms with Crippen LogP contribution in [0.25, 0.3) is 0 Å². The minimum atomic E-state index is 0. The topological polar surface area (TPSA) is 53.6 Å². The van der Waals surface area contributed by atoms with Gasteiger partial charge in [-0.15, -0.1) is 24.0 Å². The molecule has 4 nitrogen and oxygen atoms in total. The summed E-state index contributed by atoms with van der Waals surface area (Å²) in [5.41, 5.74) is 6.31. The number of rotatable bonds is 7. The first-order chi connectivity index (χ1) is 8.93. The number of aliphatic imine (C=N–C) groups is 1. The van der Waals surface area contributed by atoms with E-state index in [1.165, 1.54) is 25.7 Å². The normalized spacial score (nSPS) is 18.4. The molecule has 120 valence electrons. The molecule has 0 radical (unpaired) electrons. The van der Waals surface area contributed by atoms with Crippen LogP contribution < -0.4 is 11.1 Å². The number of nitrogens with two attached hydrogens (primary N) is 1. The first-order valence-corrected chi connectivity index (χ1v) is 7.62. The molecule has 0 saturated heterocycles. The molecule has 1 aliphatic carbocycles. The molecular weight excluding hydrogens is 363 g/mol. The molecule has 0 amide bonds. The van der Waals surface area contributed by atoms with Crippen molar-refractivity contribution in [1.82, 2.24) is 10.2 Å². The molecule has 5 heteroatoms. The van der Waals surface area contributed by atoms with Gasteiger partial charge in [-0.3, -0.25) is 4.99 Å². The Hall–Kier alpha value is -0.0400. The molecule has 0 aromatic carbocycles. The van der Waals surface area contributed by atoms with Crippen LogP contribution in [0.2, 0.25) is 0 Å². The highest BCUT2D eigenvalue weighted by atomic mass is 127. The van der Waals surface area contributed by atoms with Crippen LogP contribution in [0.4, 0.5) is 0 Å². The summed E-state index contributed by atoms with van der Waals surface area (Å²) in [4.78, 5) is 6.87. The lowest BCUT2D eigenvalue weighted by atomic mass is 9.86. The van der Waals surface area contributed by atoms with Gasteiger partial charge in [-0.05, 0) is 39.3 Å². The van der Waals surface area contributed by atoms with Gasteiger partial charge < -0.3 is 16.0 Å². The van der Waals surface area contributed by atoms with Crippen LogP contribution in [0.1, 0.15) is 46.0 Å². The molecule has 20 heavy (non-hydrogen) atoms. The molecule has 1 rings (SSSR count). The van der Waals surface area contributed by atoms with E-state index in [2.05, 4.69) is 43.2 Å². The van der Waals surface area contributed by atoms with Crippen molar-refractivity contribution in [2.24, 2.45) is 22.1 Å². The van der Waals surface area contributed by atoms with E-state index >= 15 is 0 Å². The highest BCUT2D eigenvalue weighted by molar-refractivity contribution is 14.0. The summed E-state index contributed by atoms with van der Waals surface area (Å²) in [5.74, 6) is 1.32. The third-order valence-electron chi connectivity index (χ3n) is 3.93. The van der Waals surface area contributed by atoms with E-state index in [-0.39, 0.29) is 24.0 Å². The Labute approximate surface area is 142 Å². The average molecular weight is 396 g/mol. The zero-order valence-electron chi connectivity index (χ0n) is 13.6. The Balaban J connectivity index is 0.00000361. The first-order valence-electron chi connectivity index (χ1n) is 7.62. The third kappa shape index (κ3) is 7.67. The highest BCUT2D eigenvalue weighted by Gasteiger charge is 2.34. The van der Waals surface area contributed by atoms with Crippen molar-refractivity contribution in [2.45, 2.75) is 46.0 Å².